The van der Waals surface area contributed by atoms with E-state index in [2.05, 4.69) is 34.3 Å². The van der Waals surface area contributed by atoms with E-state index in [0.29, 0.717) is 39.4 Å². The Balaban J connectivity index is 1.63. The zero-order chi connectivity index (χ0) is 28.2. The van der Waals surface area contributed by atoms with Crippen molar-refractivity contribution in [2.24, 2.45) is 0 Å². The molecule has 2 rings (SSSR count). The number of carbonyl (C=O) groups excluding carboxylic acids is 2. The van der Waals surface area contributed by atoms with Crippen molar-refractivity contribution in [2.75, 3.05) is 53.5 Å². The monoisotopic (exact) mass is 526 g/mol. The molecule has 0 bridgehead atoms. The van der Waals surface area contributed by atoms with Crippen LogP contribution in [-0.4, -0.2) is 87.2 Å². The van der Waals surface area contributed by atoms with E-state index in [1.807, 2.05) is 78.2 Å². The fourth-order valence-corrected chi connectivity index (χ4v) is 4.01. The topological polar surface area (TPSA) is 83.1 Å². The summed E-state index contributed by atoms with van der Waals surface area (Å²) in [6.07, 6.45) is 0. The summed E-state index contributed by atoms with van der Waals surface area (Å²) in [5.41, 5.74) is 4.46. The summed E-state index contributed by atoms with van der Waals surface area (Å²) in [7, 11) is 3.96. The third-order valence-electron chi connectivity index (χ3n) is 6.97. The number of rotatable bonds is 14. The van der Waals surface area contributed by atoms with E-state index in [1.54, 1.807) is 0 Å². The normalized spacial score (nSPS) is 12.8. The van der Waals surface area contributed by atoms with Gasteiger partial charge in [0.1, 0.15) is 24.7 Å². The van der Waals surface area contributed by atoms with E-state index in [4.69, 9.17) is 9.47 Å². The fraction of sp³-hybridized carbons (Fsp3) is 0.533. The largest absolute Gasteiger partial charge is 0.491 e. The van der Waals surface area contributed by atoms with Gasteiger partial charge in [-0.25, -0.2) is 0 Å². The van der Waals surface area contributed by atoms with Crippen LogP contribution in [0.15, 0.2) is 36.4 Å². The lowest BCUT2D eigenvalue weighted by Crippen LogP contribution is -2.46. The molecule has 0 saturated heterocycles. The standard InChI is InChI=1S/C30H46N4O4/c1-21-11-9-12-22(2)27(21)37-19-25(5)33(7)17-15-31-29(35)30(36)32-16-18-34(8)26(6)20-38-28-23(3)13-10-14-24(28)4/h9-14,25-26H,15-20H2,1-8H3,(H,31,35)(H,32,36). The quantitative estimate of drug-likeness (QED) is 0.368. The van der Waals surface area contributed by atoms with Crippen LogP contribution in [0.2, 0.25) is 0 Å². The lowest BCUT2D eigenvalue weighted by molar-refractivity contribution is -0.139. The van der Waals surface area contributed by atoms with Crippen LogP contribution < -0.4 is 20.1 Å². The molecule has 0 fully saturated rings. The van der Waals surface area contributed by atoms with Crippen molar-refractivity contribution in [3.8, 4) is 11.5 Å². The number of likely N-dealkylation sites (N-methyl/N-ethyl adjacent to an activating group) is 2. The summed E-state index contributed by atoms with van der Waals surface area (Å²) in [5.74, 6) is 0.608. The third-order valence-corrected chi connectivity index (χ3v) is 6.97. The van der Waals surface area contributed by atoms with Crippen LogP contribution in [0, 0.1) is 27.7 Å². The van der Waals surface area contributed by atoms with Gasteiger partial charge in [0.25, 0.3) is 0 Å². The minimum Gasteiger partial charge on any atom is -0.491 e. The number of aryl methyl sites for hydroxylation is 4. The minimum absolute atomic E-state index is 0.149. The number of amides is 2. The highest BCUT2D eigenvalue weighted by atomic mass is 16.5. The predicted molar refractivity (Wildman–Crippen MR) is 153 cm³/mol. The summed E-state index contributed by atoms with van der Waals surface area (Å²) >= 11 is 0. The molecule has 0 heterocycles. The number of hydrogen-bond acceptors (Lipinski definition) is 6. The Hall–Kier alpha value is -3.10. The number of nitrogens with zero attached hydrogens (tertiary/aromatic N) is 2. The number of ether oxygens (including phenoxy) is 2. The lowest BCUT2D eigenvalue weighted by Gasteiger charge is -2.26. The van der Waals surface area contributed by atoms with E-state index < -0.39 is 11.8 Å². The molecule has 8 nitrogen and oxygen atoms in total. The van der Waals surface area contributed by atoms with Crippen molar-refractivity contribution >= 4 is 11.8 Å². The number of carbonyl (C=O) groups is 2. The maximum absolute atomic E-state index is 12.2. The Morgan fingerprint density at radius 1 is 0.684 bits per heavy atom. The summed E-state index contributed by atoms with van der Waals surface area (Å²) in [6, 6.07) is 12.5. The maximum Gasteiger partial charge on any atom is 0.309 e. The molecule has 2 unspecified atom stereocenters. The third kappa shape index (κ3) is 9.65. The number of hydrogen-bond donors (Lipinski definition) is 2. The van der Waals surface area contributed by atoms with Gasteiger partial charge in [0.05, 0.1) is 0 Å². The molecular weight excluding hydrogens is 480 g/mol. The first-order valence-electron chi connectivity index (χ1n) is 13.4. The molecule has 2 N–H and O–H groups in total. The molecule has 2 atom stereocenters. The molecule has 8 heteroatoms. The van der Waals surface area contributed by atoms with Crippen molar-refractivity contribution in [2.45, 2.75) is 53.6 Å². The molecule has 38 heavy (non-hydrogen) atoms. The summed E-state index contributed by atoms with van der Waals surface area (Å²) < 4.78 is 12.1. The van der Waals surface area contributed by atoms with Gasteiger partial charge in [0.2, 0.25) is 0 Å². The summed E-state index contributed by atoms with van der Waals surface area (Å²) in [4.78, 5) is 28.6. The van der Waals surface area contributed by atoms with Gasteiger partial charge in [0.15, 0.2) is 0 Å². The van der Waals surface area contributed by atoms with E-state index >= 15 is 0 Å². The van der Waals surface area contributed by atoms with Crippen molar-refractivity contribution in [1.29, 1.82) is 0 Å². The first kappa shape index (κ1) is 31.1. The number of para-hydroxylation sites is 2. The zero-order valence-corrected chi connectivity index (χ0v) is 24.4. The van der Waals surface area contributed by atoms with E-state index in [1.165, 1.54) is 0 Å². The second-order valence-corrected chi connectivity index (χ2v) is 10.2. The average Bonchev–Trinajstić information content (AvgIpc) is 2.87. The molecule has 0 saturated carbocycles. The van der Waals surface area contributed by atoms with Gasteiger partial charge in [-0.15, -0.1) is 0 Å². The van der Waals surface area contributed by atoms with Crippen molar-refractivity contribution in [1.82, 2.24) is 20.4 Å². The highest BCUT2D eigenvalue weighted by Crippen LogP contribution is 2.23. The van der Waals surface area contributed by atoms with Crippen molar-refractivity contribution in [3.63, 3.8) is 0 Å². The Morgan fingerprint density at radius 2 is 1.00 bits per heavy atom. The van der Waals surface area contributed by atoms with Crippen LogP contribution >= 0.6 is 0 Å². The molecule has 0 aliphatic carbocycles. The van der Waals surface area contributed by atoms with E-state index in [-0.39, 0.29) is 12.1 Å². The molecule has 0 spiro atoms. The molecule has 0 radical (unpaired) electrons. The minimum atomic E-state index is -0.619. The Morgan fingerprint density at radius 3 is 1.32 bits per heavy atom. The van der Waals surface area contributed by atoms with Crippen LogP contribution in [0.3, 0.4) is 0 Å². The van der Waals surface area contributed by atoms with Crippen LogP contribution in [-0.2, 0) is 9.59 Å². The molecule has 2 amide bonds. The van der Waals surface area contributed by atoms with E-state index in [9.17, 15) is 9.59 Å². The SMILES string of the molecule is Cc1cccc(C)c1OCC(C)N(C)CCNC(=O)C(=O)NCCN(C)C(C)COc1c(C)cccc1C. The van der Waals surface area contributed by atoms with Gasteiger partial charge in [-0.3, -0.25) is 19.4 Å². The molecule has 210 valence electrons. The fourth-order valence-electron chi connectivity index (χ4n) is 4.01. The van der Waals surface area contributed by atoms with Gasteiger partial charge < -0.3 is 20.1 Å². The first-order valence-corrected chi connectivity index (χ1v) is 13.4. The Kier molecular flexibility index (Phi) is 12.6. The van der Waals surface area contributed by atoms with Gasteiger partial charge in [-0.1, -0.05) is 36.4 Å². The van der Waals surface area contributed by atoms with Crippen LogP contribution in [0.4, 0.5) is 0 Å². The second-order valence-electron chi connectivity index (χ2n) is 10.2. The lowest BCUT2D eigenvalue weighted by atomic mass is 10.1. The van der Waals surface area contributed by atoms with Crippen molar-refractivity contribution < 1.29 is 19.1 Å². The summed E-state index contributed by atoms with van der Waals surface area (Å²) in [6.45, 7) is 15.4. The maximum atomic E-state index is 12.2. The van der Waals surface area contributed by atoms with Crippen LogP contribution in [0.25, 0.3) is 0 Å². The summed E-state index contributed by atoms with van der Waals surface area (Å²) in [5, 5.41) is 5.41. The average molecular weight is 527 g/mol. The predicted octanol–water partition coefficient (Wildman–Crippen LogP) is 3.25. The molecule has 2 aromatic rings. The Labute approximate surface area is 228 Å². The highest BCUT2D eigenvalue weighted by molar-refractivity contribution is 6.35. The molecule has 2 aromatic carbocycles. The van der Waals surface area contributed by atoms with Gasteiger partial charge in [-0.05, 0) is 77.9 Å². The molecule has 0 aliphatic heterocycles. The molecule has 0 aliphatic rings. The second kappa shape index (κ2) is 15.3. The highest BCUT2D eigenvalue weighted by Gasteiger charge is 2.16. The van der Waals surface area contributed by atoms with Gasteiger partial charge in [0, 0.05) is 38.3 Å². The van der Waals surface area contributed by atoms with Gasteiger partial charge in [-0.2, -0.15) is 0 Å². The van der Waals surface area contributed by atoms with Crippen LogP contribution in [0.1, 0.15) is 36.1 Å². The van der Waals surface area contributed by atoms with Crippen molar-refractivity contribution in [3.05, 3.63) is 58.7 Å². The number of nitrogens with one attached hydrogen (secondary N) is 2. The molecular formula is C30H46N4O4. The molecule has 0 aromatic heterocycles. The Bertz CT molecular complexity index is 935. The smallest absolute Gasteiger partial charge is 0.309 e. The first-order chi connectivity index (χ1) is 18.0. The van der Waals surface area contributed by atoms with Crippen LogP contribution in [0.5, 0.6) is 11.5 Å². The van der Waals surface area contributed by atoms with Gasteiger partial charge >= 0.3 is 11.8 Å². The zero-order valence-electron chi connectivity index (χ0n) is 24.4. The number of benzene rings is 2. The van der Waals surface area contributed by atoms with E-state index in [0.717, 1.165) is 33.8 Å².